The van der Waals surface area contributed by atoms with E-state index in [-0.39, 0.29) is 5.69 Å². The van der Waals surface area contributed by atoms with Crippen LogP contribution in [0.15, 0.2) is 24.3 Å². The van der Waals surface area contributed by atoms with Gasteiger partial charge >= 0.3 is 0 Å². The molecule has 1 heterocycles. The van der Waals surface area contributed by atoms with Crippen molar-refractivity contribution < 1.29 is 14.3 Å². The van der Waals surface area contributed by atoms with Crippen LogP contribution in [0.1, 0.15) is 15.2 Å². The zero-order chi connectivity index (χ0) is 15.4. The number of hydrogen-bond acceptors (Lipinski definition) is 6. The third kappa shape index (κ3) is 3.19. The Bertz CT molecular complexity index is 655. The number of hydrogen-bond donors (Lipinski definition) is 3. The fourth-order valence-corrected chi connectivity index (χ4v) is 2.83. The molecule has 0 spiro atoms. The maximum Gasteiger partial charge on any atom is 0.261 e. The SMILES string of the molecule is COc1cccc(CNc2sc(C(N)=O)c(N)c2OC)c1. The lowest BCUT2D eigenvalue weighted by Crippen LogP contribution is -2.10. The maximum absolute atomic E-state index is 11.3. The van der Waals surface area contributed by atoms with E-state index in [1.165, 1.54) is 18.4 Å². The van der Waals surface area contributed by atoms with Gasteiger partial charge in [-0.15, -0.1) is 11.3 Å². The van der Waals surface area contributed by atoms with Crippen molar-refractivity contribution in [2.45, 2.75) is 6.54 Å². The first-order valence-electron chi connectivity index (χ1n) is 6.19. The molecule has 0 saturated heterocycles. The Balaban J connectivity index is 2.19. The molecule has 5 N–H and O–H groups in total. The Morgan fingerprint density at radius 3 is 2.71 bits per heavy atom. The molecular weight excluding hydrogens is 290 g/mol. The van der Waals surface area contributed by atoms with Gasteiger partial charge in [-0.25, -0.2) is 0 Å². The van der Waals surface area contributed by atoms with E-state index in [0.29, 0.717) is 22.2 Å². The molecule has 2 rings (SSSR count). The molecule has 2 aromatic rings. The summed E-state index contributed by atoms with van der Waals surface area (Å²) < 4.78 is 10.4. The highest BCUT2D eigenvalue weighted by Gasteiger charge is 2.19. The number of carbonyl (C=O) groups excluding carboxylic acids is 1. The van der Waals surface area contributed by atoms with Crippen molar-refractivity contribution in [2.24, 2.45) is 5.73 Å². The number of thiophene rings is 1. The summed E-state index contributed by atoms with van der Waals surface area (Å²) in [7, 11) is 3.12. The first-order chi connectivity index (χ1) is 10.1. The zero-order valence-corrected chi connectivity index (χ0v) is 12.6. The first kappa shape index (κ1) is 15.0. The number of benzene rings is 1. The lowest BCUT2D eigenvalue weighted by molar-refractivity contribution is 0.100. The molecule has 6 nitrogen and oxygen atoms in total. The van der Waals surface area contributed by atoms with Gasteiger partial charge in [0.1, 0.15) is 21.3 Å². The van der Waals surface area contributed by atoms with Crippen molar-refractivity contribution in [3.05, 3.63) is 34.7 Å². The monoisotopic (exact) mass is 307 g/mol. The van der Waals surface area contributed by atoms with Crippen LogP contribution in [0.4, 0.5) is 10.7 Å². The molecule has 21 heavy (non-hydrogen) atoms. The quantitative estimate of drug-likeness (QED) is 0.758. The summed E-state index contributed by atoms with van der Waals surface area (Å²) in [4.78, 5) is 11.6. The van der Waals surface area contributed by atoms with Gasteiger partial charge < -0.3 is 26.3 Å². The van der Waals surface area contributed by atoms with Crippen molar-refractivity contribution in [3.8, 4) is 11.5 Å². The maximum atomic E-state index is 11.3. The van der Waals surface area contributed by atoms with Crippen LogP contribution in [-0.2, 0) is 6.54 Å². The zero-order valence-electron chi connectivity index (χ0n) is 11.8. The van der Waals surface area contributed by atoms with E-state index in [2.05, 4.69) is 5.32 Å². The number of nitrogens with one attached hydrogen (secondary N) is 1. The molecule has 0 bridgehead atoms. The Labute approximate surface area is 126 Å². The minimum absolute atomic E-state index is 0.267. The van der Waals surface area contributed by atoms with Gasteiger partial charge in [-0.05, 0) is 17.7 Å². The molecule has 0 unspecified atom stereocenters. The second-order valence-electron chi connectivity index (χ2n) is 4.28. The van der Waals surface area contributed by atoms with Gasteiger partial charge in [0.25, 0.3) is 5.91 Å². The average molecular weight is 307 g/mol. The van der Waals surface area contributed by atoms with Crippen LogP contribution in [0.25, 0.3) is 0 Å². The number of methoxy groups -OCH3 is 2. The minimum Gasteiger partial charge on any atom is -0.497 e. The van der Waals surface area contributed by atoms with Crippen molar-refractivity contribution in [1.82, 2.24) is 0 Å². The van der Waals surface area contributed by atoms with Crippen LogP contribution in [0.3, 0.4) is 0 Å². The Morgan fingerprint density at radius 2 is 2.10 bits per heavy atom. The molecule has 7 heteroatoms. The fourth-order valence-electron chi connectivity index (χ4n) is 1.90. The Morgan fingerprint density at radius 1 is 1.33 bits per heavy atom. The van der Waals surface area contributed by atoms with Crippen molar-refractivity contribution >= 4 is 27.9 Å². The molecular formula is C14H17N3O3S. The van der Waals surface area contributed by atoms with Gasteiger partial charge in [0, 0.05) is 6.54 Å². The first-order valence-corrected chi connectivity index (χ1v) is 7.01. The number of ether oxygens (including phenoxy) is 2. The summed E-state index contributed by atoms with van der Waals surface area (Å²) in [6.07, 6.45) is 0. The van der Waals surface area contributed by atoms with Crippen molar-refractivity contribution in [1.29, 1.82) is 0 Å². The Kier molecular flexibility index (Phi) is 4.54. The summed E-state index contributed by atoms with van der Waals surface area (Å²) in [6, 6.07) is 7.67. The molecule has 0 saturated carbocycles. The Hall–Kier alpha value is -2.41. The van der Waals surface area contributed by atoms with Gasteiger partial charge in [0.05, 0.1) is 14.2 Å². The normalized spacial score (nSPS) is 10.2. The van der Waals surface area contributed by atoms with E-state index in [1.54, 1.807) is 7.11 Å². The third-order valence-electron chi connectivity index (χ3n) is 2.91. The van der Waals surface area contributed by atoms with Gasteiger partial charge in [0.2, 0.25) is 0 Å². The molecule has 0 aliphatic rings. The minimum atomic E-state index is -0.565. The molecule has 1 aromatic heterocycles. The number of rotatable bonds is 6. The van der Waals surface area contributed by atoms with Crippen molar-refractivity contribution in [2.75, 3.05) is 25.3 Å². The van der Waals surface area contributed by atoms with Gasteiger partial charge in [-0.1, -0.05) is 12.1 Å². The number of nitrogens with two attached hydrogens (primary N) is 2. The fraction of sp³-hybridized carbons (Fsp3) is 0.214. The van der Waals surface area contributed by atoms with E-state index >= 15 is 0 Å². The van der Waals surface area contributed by atoms with E-state index in [0.717, 1.165) is 11.3 Å². The van der Waals surface area contributed by atoms with Crippen LogP contribution in [-0.4, -0.2) is 20.1 Å². The van der Waals surface area contributed by atoms with E-state index in [4.69, 9.17) is 20.9 Å². The molecule has 0 aliphatic carbocycles. The summed E-state index contributed by atoms with van der Waals surface area (Å²) in [5.41, 5.74) is 12.4. The molecule has 0 radical (unpaired) electrons. The number of nitrogen functional groups attached to an aromatic ring is 1. The molecule has 0 atom stereocenters. The molecule has 0 aliphatic heterocycles. The summed E-state index contributed by atoms with van der Waals surface area (Å²) >= 11 is 1.18. The lowest BCUT2D eigenvalue weighted by Gasteiger charge is -2.08. The van der Waals surface area contributed by atoms with E-state index in [9.17, 15) is 4.79 Å². The summed E-state index contributed by atoms with van der Waals surface area (Å²) in [6.45, 7) is 0.547. The largest absolute Gasteiger partial charge is 0.497 e. The third-order valence-corrected chi connectivity index (χ3v) is 4.07. The number of amides is 1. The number of anilines is 2. The predicted octanol–water partition coefficient (Wildman–Crippen LogP) is 2.06. The van der Waals surface area contributed by atoms with Crippen LogP contribution < -0.4 is 26.3 Å². The highest BCUT2D eigenvalue weighted by molar-refractivity contribution is 7.19. The average Bonchev–Trinajstić information content (AvgIpc) is 2.81. The second-order valence-corrected chi connectivity index (χ2v) is 5.30. The lowest BCUT2D eigenvalue weighted by atomic mass is 10.2. The molecule has 112 valence electrons. The highest BCUT2D eigenvalue weighted by Crippen LogP contribution is 2.42. The number of carbonyl (C=O) groups is 1. The van der Waals surface area contributed by atoms with Crippen LogP contribution in [0.2, 0.25) is 0 Å². The standard InChI is InChI=1S/C14H17N3O3S/c1-19-9-5-3-4-8(6-9)7-17-14-11(20-2)10(15)12(21-14)13(16)18/h3-6,17H,7,15H2,1-2H3,(H2,16,18). The van der Waals surface area contributed by atoms with Crippen LogP contribution in [0.5, 0.6) is 11.5 Å². The number of primary amides is 1. The summed E-state index contributed by atoms with van der Waals surface area (Å²) in [5.74, 6) is 0.659. The van der Waals surface area contributed by atoms with Crippen LogP contribution in [0, 0.1) is 0 Å². The molecule has 1 aromatic carbocycles. The van der Waals surface area contributed by atoms with Gasteiger partial charge in [-0.2, -0.15) is 0 Å². The molecule has 1 amide bonds. The molecule has 0 fully saturated rings. The van der Waals surface area contributed by atoms with Gasteiger partial charge in [0.15, 0.2) is 5.75 Å². The van der Waals surface area contributed by atoms with E-state index < -0.39 is 5.91 Å². The van der Waals surface area contributed by atoms with Crippen molar-refractivity contribution in [3.63, 3.8) is 0 Å². The second kappa shape index (κ2) is 6.36. The predicted molar refractivity (Wildman–Crippen MR) is 84.1 cm³/mol. The summed E-state index contributed by atoms with van der Waals surface area (Å²) in [5, 5.41) is 3.87. The van der Waals surface area contributed by atoms with Crippen LogP contribution >= 0.6 is 11.3 Å². The van der Waals surface area contributed by atoms with Gasteiger partial charge in [-0.3, -0.25) is 4.79 Å². The smallest absolute Gasteiger partial charge is 0.261 e. The highest BCUT2D eigenvalue weighted by atomic mass is 32.1. The van der Waals surface area contributed by atoms with E-state index in [1.807, 2.05) is 24.3 Å². The topological polar surface area (TPSA) is 99.6 Å².